The van der Waals surface area contributed by atoms with Crippen molar-refractivity contribution in [1.29, 1.82) is 0 Å². The second-order valence-corrected chi connectivity index (χ2v) is 1.68. The molecule has 0 aliphatic heterocycles. The molecular weight excluding hydrogens is 351 g/mol. The zero-order chi connectivity index (χ0) is 3.58. The van der Waals surface area contributed by atoms with Crippen LogP contribution in [0.1, 0.15) is 0 Å². The van der Waals surface area contributed by atoms with Crippen molar-refractivity contribution >= 4 is 81.8 Å². The molecule has 0 nitrogen and oxygen atoms in total. The smallest absolute Gasteiger partial charge is 0 e. The SMILES string of the molecule is [F][Bi]([F])[F].[Rb]. The summed E-state index contributed by atoms with van der Waals surface area (Å²) in [5.74, 6) is 0. The molecule has 0 heterocycles. The van der Waals surface area contributed by atoms with Crippen molar-refractivity contribution in [3.63, 3.8) is 0 Å². The predicted octanol–water partition coefficient (Wildman–Crippen LogP) is 0.499. The molecule has 1 radical (unpaired) electrons. The Bertz CT molecular complexity index is 11.6. The summed E-state index contributed by atoms with van der Waals surface area (Å²) in [5, 5.41) is 0. The van der Waals surface area contributed by atoms with Crippen LogP contribution in [0.4, 0.5) is 7.88 Å². The fourth-order valence-corrected chi connectivity index (χ4v) is 0. The van der Waals surface area contributed by atoms with E-state index < -0.39 is 23.6 Å². The first kappa shape index (κ1) is 10.5. The van der Waals surface area contributed by atoms with Crippen LogP contribution in [0.5, 0.6) is 0 Å². The molecule has 0 saturated heterocycles. The average Bonchev–Trinajstić information content (AvgIpc) is 0.811. The summed E-state index contributed by atoms with van der Waals surface area (Å²) < 4.78 is 29.6. The minimum atomic E-state index is -5.09. The van der Waals surface area contributed by atoms with Crippen LogP contribution in [-0.4, -0.2) is 81.8 Å². The summed E-state index contributed by atoms with van der Waals surface area (Å²) in [7, 11) is 0. The predicted molar refractivity (Wildman–Crippen MR) is 14.8 cm³/mol. The van der Waals surface area contributed by atoms with Gasteiger partial charge in [-0.15, -0.1) is 0 Å². The van der Waals surface area contributed by atoms with Crippen LogP contribution in [0.15, 0.2) is 0 Å². The van der Waals surface area contributed by atoms with Gasteiger partial charge in [-0.1, -0.05) is 0 Å². The molecule has 5 heavy (non-hydrogen) atoms. The summed E-state index contributed by atoms with van der Waals surface area (Å²) in [6, 6.07) is 0. The van der Waals surface area contributed by atoms with Gasteiger partial charge in [0.15, 0.2) is 0 Å². The fourth-order valence-electron chi connectivity index (χ4n) is 0. The fraction of sp³-hybridized carbons (Fsp3) is 0. The monoisotopic (exact) mass is 351 g/mol. The van der Waals surface area contributed by atoms with Crippen molar-refractivity contribution in [1.82, 2.24) is 0 Å². The maximum Gasteiger partial charge on any atom is 0 e. The molecule has 0 spiro atoms. The third-order valence-corrected chi connectivity index (χ3v) is 0. The molecule has 0 aromatic rings. The molecule has 0 fully saturated rings. The Balaban J connectivity index is 0. The first-order valence-electron chi connectivity index (χ1n) is 0.507. The van der Waals surface area contributed by atoms with Gasteiger partial charge in [0.25, 0.3) is 0 Å². The average molecular weight is 351 g/mol. The molecule has 0 aromatic heterocycles. The number of hydrogen-bond donors (Lipinski definition) is 0. The summed E-state index contributed by atoms with van der Waals surface area (Å²) >= 11 is -5.09. The molecule has 0 bridgehead atoms. The minimum Gasteiger partial charge on any atom is 0 e. The van der Waals surface area contributed by atoms with Crippen LogP contribution in [0.3, 0.4) is 0 Å². The van der Waals surface area contributed by atoms with Crippen LogP contribution in [0.25, 0.3) is 0 Å². The standard InChI is InChI=1S/Bi.3FH.Rb/h;3*1H;/q+3;;;;/p-3. The Hall–Kier alpha value is 2.48. The summed E-state index contributed by atoms with van der Waals surface area (Å²) in [6.07, 6.45) is 0. The van der Waals surface area contributed by atoms with Gasteiger partial charge >= 0.3 is 31.5 Å². The van der Waals surface area contributed by atoms with Crippen molar-refractivity contribution < 1.29 is 7.88 Å². The Labute approximate surface area is 87.2 Å². The minimum absolute atomic E-state index is 0. The molecule has 0 N–H and O–H groups in total. The second-order valence-electron chi connectivity index (χ2n) is 0.192. The van der Waals surface area contributed by atoms with E-state index in [0.717, 1.165) is 0 Å². The Morgan fingerprint density at radius 1 is 1.00 bits per heavy atom. The van der Waals surface area contributed by atoms with Gasteiger partial charge < -0.3 is 0 Å². The van der Waals surface area contributed by atoms with Gasteiger partial charge in [-0.3, -0.25) is 0 Å². The summed E-state index contributed by atoms with van der Waals surface area (Å²) in [4.78, 5) is 0. The van der Waals surface area contributed by atoms with E-state index in [-0.39, 0.29) is 58.2 Å². The van der Waals surface area contributed by atoms with Gasteiger partial charge in [-0.2, -0.15) is 0 Å². The van der Waals surface area contributed by atoms with E-state index in [1.165, 1.54) is 0 Å². The quantitative estimate of drug-likeness (QED) is 0.558. The number of hydrogen-bond acceptors (Lipinski definition) is 0. The summed E-state index contributed by atoms with van der Waals surface area (Å²) in [5.41, 5.74) is 0. The van der Waals surface area contributed by atoms with E-state index in [1.807, 2.05) is 0 Å². The largest absolute Gasteiger partial charge is 0 e. The molecule has 0 aliphatic carbocycles. The van der Waals surface area contributed by atoms with Crippen LogP contribution in [-0.2, 0) is 0 Å². The molecule has 0 atom stereocenters. The molecule has 0 aliphatic rings. The molecule has 0 aromatic carbocycles. The number of rotatable bonds is 0. The first-order valence-corrected chi connectivity index (χ1v) is 4.45. The molecule has 0 saturated carbocycles. The van der Waals surface area contributed by atoms with Gasteiger partial charge in [0.05, 0.1) is 0 Å². The van der Waals surface area contributed by atoms with Crippen LogP contribution >= 0.6 is 0 Å². The first-order chi connectivity index (χ1) is 1.73. The van der Waals surface area contributed by atoms with E-state index >= 15 is 0 Å². The Morgan fingerprint density at radius 2 is 1.00 bits per heavy atom. The number of halogens is 3. The van der Waals surface area contributed by atoms with Gasteiger partial charge in [-0.05, 0) is 0 Å². The second kappa shape index (κ2) is 6.48. The topological polar surface area (TPSA) is 0 Å². The maximum atomic E-state index is 9.87. The zero-order valence-corrected chi connectivity index (χ0v) is 11.0. The van der Waals surface area contributed by atoms with E-state index in [1.54, 1.807) is 0 Å². The van der Waals surface area contributed by atoms with Crippen LogP contribution in [0, 0.1) is 0 Å². The van der Waals surface area contributed by atoms with Gasteiger partial charge in [-0.25, -0.2) is 0 Å². The van der Waals surface area contributed by atoms with Crippen LogP contribution in [0.2, 0.25) is 0 Å². The van der Waals surface area contributed by atoms with E-state index in [0.29, 0.717) is 0 Å². The van der Waals surface area contributed by atoms with Crippen molar-refractivity contribution in [2.24, 2.45) is 0 Å². The third kappa shape index (κ3) is 21.2. The van der Waals surface area contributed by atoms with E-state index in [2.05, 4.69) is 0 Å². The van der Waals surface area contributed by atoms with Crippen molar-refractivity contribution in [2.75, 3.05) is 0 Å². The van der Waals surface area contributed by atoms with Gasteiger partial charge in [0, 0.05) is 58.2 Å². The van der Waals surface area contributed by atoms with Crippen LogP contribution < -0.4 is 0 Å². The van der Waals surface area contributed by atoms with Crippen molar-refractivity contribution in [3.8, 4) is 0 Å². The molecule has 27 valence electrons. The van der Waals surface area contributed by atoms with E-state index in [9.17, 15) is 7.88 Å². The molecule has 0 rings (SSSR count). The molecule has 5 heteroatoms. The maximum absolute atomic E-state index is 9.87. The summed E-state index contributed by atoms with van der Waals surface area (Å²) in [6.45, 7) is 0. The Kier molecular flexibility index (Phi) is 13.5. The Morgan fingerprint density at radius 3 is 1.00 bits per heavy atom. The molecule has 0 unspecified atom stereocenters. The van der Waals surface area contributed by atoms with Crippen molar-refractivity contribution in [2.45, 2.75) is 0 Å². The molecule has 0 amide bonds. The van der Waals surface area contributed by atoms with Gasteiger partial charge in [0.1, 0.15) is 0 Å². The van der Waals surface area contributed by atoms with E-state index in [4.69, 9.17) is 0 Å². The van der Waals surface area contributed by atoms with Crippen molar-refractivity contribution in [3.05, 3.63) is 0 Å². The zero-order valence-electron chi connectivity index (χ0n) is 2.58. The normalized spacial score (nSPS) is 7.20. The van der Waals surface area contributed by atoms with Gasteiger partial charge in [0.2, 0.25) is 0 Å². The molecular formula is BiF3Rb. The third-order valence-electron chi connectivity index (χ3n) is 0.